The molecule has 0 amide bonds. The highest BCUT2D eigenvalue weighted by Gasteiger charge is 2.03. The molecule has 0 aliphatic heterocycles. The van der Waals surface area contributed by atoms with E-state index in [2.05, 4.69) is 10.3 Å². The number of hydrogen-bond donors (Lipinski definition) is 1. The normalized spacial score (nSPS) is 9.25. The molecule has 0 bridgehead atoms. The molecule has 16 heavy (non-hydrogen) atoms. The third-order valence-electron chi connectivity index (χ3n) is 2.15. The standard InChI is InChI=1S/C11H12N2O.C2H6/c1-12-11-7-10(14-2)8-5-3-4-6-9(8)13-11;1-2/h3-7H,1-2H3,(H,12,13);1-2H3. The van der Waals surface area contributed by atoms with E-state index in [1.807, 2.05) is 51.2 Å². The highest BCUT2D eigenvalue weighted by atomic mass is 16.5. The van der Waals surface area contributed by atoms with Crippen molar-refractivity contribution in [3.05, 3.63) is 30.3 Å². The van der Waals surface area contributed by atoms with Crippen LogP contribution in [-0.2, 0) is 0 Å². The van der Waals surface area contributed by atoms with Crippen LogP contribution in [-0.4, -0.2) is 19.1 Å². The Hall–Kier alpha value is -1.77. The number of fused-ring (bicyclic) bond motifs is 1. The van der Waals surface area contributed by atoms with E-state index in [0.717, 1.165) is 22.5 Å². The molecule has 2 rings (SSSR count). The number of benzene rings is 1. The smallest absolute Gasteiger partial charge is 0.131 e. The highest BCUT2D eigenvalue weighted by molar-refractivity contribution is 5.86. The molecule has 0 saturated carbocycles. The van der Waals surface area contributed by atoms with Gasteiger partial charge in [-0.15, -0.1) is 0 Å². The molecule has 0 radical (unpaired) electrons. The number of hydrogen-bond acceptors (Lipinski definition) is 3. The lowest BCUT2D eigenvalue weighted by molar-refractivity contribution is 0.419. The van der Waals surface area contributed by atoms with Crippen molar-refractivity contribution in [2.24, 2.45) is 0 Å². The summed E-state index contributed by atoms with van der Waals surface area (Å²) in [7, 11) is 3.51. The van der Waals surface area contributed by atoms with E-state index in [0.29, 0.717) is 0 Å². The molecular weight excluding hydrogens is 200 g/mol. The van der Waals surface area contributed by atoms with Crippen molar-refractivity contribution in [3.8, 4) is 5.75 Å². The van der Waals surface area contributed by atoms with E-state index in [1.165, 1.54) is 0 Å². The van der Waals surface area contributed by atoms with Crippen LogP contribution in [0.25, 0.3) is 10.9 Å². The van der Waals surface area contributed by atoms with Crippen molar-refractivity contribution in [2.45, 2.75) is 13.8 Å². The molecule has 0 atom stereocenters. The summed E-state index contributed by atoms with van der Waals surface area (Å²) in [5.74, 6) is 1.67. The number of ether oxygens (including phenoxy) is 1. The van der Waals surface area contributed by atoms with Gasteiger partial charge in [0.05, 0.1) is 12.6 Å². The molecule has 1 aromatic heterocycles. The monoisotopic (exact) mass is 218 g/mol. The lowest BCUT2D eigenvalue weighted by Crippen LogP contribution is -1.94. The zero-order chi connectivity index (χ0) is 12.0. The van der Waals surface area contributed by atoms with Gasteiger partial charge in [0.25, 0.3) is 0 Å². The van der Waals surface area contributed by atoms with Crippen molar-refractivity contribution >= 4 is 16.7 Å². The topological polar surface area (TPSA) is 34.1 Å². The molecular formula is C13H18N2O. The first-order valence-corrected chi connectivity index (χ1v) is 5.46. The van der Waals surface area contributed by atoms with Crippen molar-refractivity contribution in [2.75, 3.05) is 19.5 Å². The SMILES string of the molecule is CC.CNc1cc(OC)c2ccccc2n1. The maximum absolute atomic E-state index is 5.29. The van der Waals surface area contributed by atoms with Gasteiger partial charge in [-0.25, -0.2) is 4.98 Å². The van der Waals surface area contributed by atoms with Gasteiger partial charge in [-0.3, -0.25) is 0 Å². The van der Waals surface area contributed by atoms with E-state index < -0.39 is 0 Å². The molecule has 1 N–H and O–H groups in total. The van der Waals surface area contributed by atoms with Crippen LogP contribution in [0.4, 0.5) is 5.82 Å². The fourth-order valence-corrected chi connectivity index (χ4v) is 1.44. The summed E-state index contributed by atoms with van der Waals surface area (Å²) < 4.78 is 5.29. The molecule has 0 aliphatic carbocycles. The molecule has 1 aromatic carbocycles. The molecule has 2 aromatic rings. The van der Waals surface area contributed by atoms with Crippen LogP contribution in [0.3, 0.4) is 0 Å². The Morgan fingerprint density at radius 3 is 2.50 bits per heavy atom. The molecule has 3 heteroatoms. The second-order valence-electron chi connectivity index (χ2n) is 2.98. The van der Waals surface area contributed by atoms with Gasteiger partial charge < -0.3 is 10.1 Å². The highest BCUT2D eigenvalue weighted by Crippen LogP contribution is 2.26. The summed E-state index contributed by atoms with van der Waals surface area (Å²) in [4.78, 5) is 4.41. The predicted octanol–water partition coefficient (Wildman–Crippen LogP) is 3.31. The Labute approximate surface area is 96.5 Å². The third-order valence-corrected chi connectivity index (χ3v) is 2.15. The van der Waals surface area contributed by atoms with E-state index in [-0.39, 0.29) is 0 Å². The Morgan fingerprint density at radius 2 is 1.88 bits per heavy atom. The molecule has 0 fully saturated rings. The number of methoxy groups -OCH3 is 1. The quantitative estimate of drug-likeness (QED) is 0.839. The lowest BCUT2D eigenvalue weighted by atomic mass is 10.2. The van der Waals surface area contributed by atoms with Crippen molar-refractivity contribution in [1.29, 1.82) is 0 Å². The largest absolute Gasteiger partial charge is 0.496 e. The van der Waals surface area contributed by atoms with Crippen molar-refractivity contribution < 1.29 is 4.74 Å². The van der Waals surface area contributed by atoms with E-state index in [9.17, 15) is 0 Å². The molecule has 3 nitrogen and oxygen atoms in total. The van der Waals surface area contributed by atoms with Crippen LogP contribution >= 0.6 is 0 Å². The first-order chi connectivity index (χ1) is 7.85. The second kappa shape index (κ2) is 5.95. The predicted molar refractivity (Wildman–Crippen MR) is 69.2 cm³/mol. The first-order valence-electron chi connectivity index (χ1n) is 5.46. The van der Waals surface area contributed by atoms with Gasteiger partial charge >= 0.3 is 0 Å². The molecule has 0 saturated heterocycles. The second-order valence-corrected chi connectivity index (χ2v) is 2.98. The van der Waals surface area contributed by atoms with E-state index in [1.54, 1.807) is 7.11 Å². The minimum Gasteiger partial charge on any atom is -0.496 e. The van der Waals surface area contributed by atoms with Gasteiger partial charge in [0.15, 0.2) is 0 Å². The molecule has 0 aliphatic rings. The van der Waals surface area contributed by atoms with Crippen LogP contribution in [0.1, 0.15) is 13.8 Å². The number of nitrogens with zero attached hydrogens (tertiary/aromatic N) is 1. The van der Waals surface area contributed by atoms with Crippen molar-refractivity contribution in [1.82, 2.24) is 4.98 Å². The van der Waals surface area contributed by atoms with E-state index >= 15 is 0 Å². The van der Waals surface area contributed by atoms with Crippen LogP contribution < -0.4 is 10.1 Å². The van der Waals surface area contributed by atoms with Crippen LogP contribution in [0.2, 0.25) is 0 Å². The summed E-state index contributed by atoms with van der Waals surface area (Å²) in [5, 5.41) is 4.04. The van der Waals surface area contributed by atoms with E-state index in [4.69, 9.17) is 4.74 Å². The van der Waals surface area contributed by atoms with Gasteiger partial charge in [0.1, 0.15) is 11.6 Å². The van der Waals surface area contributed by atoms with Crippen molar-refractivity contribution in [3.63, 3.8) is 0 Å². The zero-order valence-corrected chi connectivity index (χ0v) is 10.2. The summed E-state index contributed by atoms with van der Waals surface area (Å²) in [6.45, 7) is 4.00. The number of aromatic nitrogens is 1. The summed E-state index contributed by atoms with van der Waals surface area (Å²) >= 11 is 0. The fourth-order valence-electron chi connectivity index (χ4n) is 1.44. The van der Waals surface area contributed by atoms with Gasteiger partial charge in [-0.05, 0) is 12.1 Å². The Morgan fingerprint density at radius 1 is 1.19 bits per heavy atom. The van der Waals surface area contributed by atoms with Crippen LogP contribution in [0.15, 0.2) is 30.3 Å². The minimum atomic E-state index is 0.820. The van der Waals surface area contributed by atoms with Gasteiger partial charge in [-0.2, -0.15) is 0 Å². The Bertz CT molecular complexity index is 455. The molecule has 1 heterocycles. The van der Waals surface area contributed by atoms with Gasteiger partial charge in [0.2, 0.25) is 0 Å². The summed E-state index contributed by atoms with van der Waals surface area (Å²) in [5.41, 5.74) is 0.941. The lowest BCUT2D eigenvalue weighted by Gasteiger charge is -2.07. The number of para-hydroxylation sites is 1. The summed E-state index contributed by atoms with van der Waals surface area (Å²) in [6.07, 6.45) is 0. The van der Waals surface area contributed by atoms with Crippen LogP contribution in [0.5, 0.6) is 5.75 Å². The fraction of sp³-hybridized carbons (Fsp3) is 0.308. The minimum absolute atomic E-state index is 0.820. The van der Waals surface area contributed by atoms with Crippen LogP contribution in [0, 0.1) is 0 Å². The average molecular weight is 218 g/mol. The number of rotatable bonds is 2. The molecule has 86 valence electrons. The summed E-state index contributed by atoms with van der Waals surface area (Å²) in [6, 6.07) is 9.81. The molecule has 0 spiro atoms. The number of pyridine rings is 1. The maximum atomic E-state index is 5.29. The zero-order valence-electron chi connectivity index (χ0n) is 10.2. The maximum Gasteiger partial charge on any atom is 0.131 e. The van der Waals surface area contributed by atoms with Gasteiger partial charge in [0, 0.05) is 18.5 Å². The Balaban J connectivity index is 0.000000606. The Kier molecular flexibility index (Phi) is 4.58. The first kappa shape index (κ1) is 12.3. The molecule has 0 unspecified atom stereocenters. The average Bonchev–Trinajstić information content (AvgIpc) is 2.39. The third kappa shape index (κ3) is 2.42. The number of nitrogens with one attached hydrogen (secondary N) is 1. The van der Waals surface area contributed by atoms with Gasteiger partial charge in [-0.1, -0.05) is 26.0 Å². The number of anilines is 1.